The third kappa shape index (κ3) is 4.82. The Bertz CT molecular complexity index is 732. The van der Waals surface area contributed by atoms with E-state index in [4.69, 9.17) is 4.74 Å². The van der Waals surface area contributed by atoms with Gasteiger partial charge in [0.15, 0.2) is 0 Å². The van der Waals surface area contributed by atoms with E-state index in [1.54, 1.807) is 7.11 Å². The molecule has 4 nitrogen and oxygen atoms in total. The quantitative estimate of drug-likeness (QED) is 0.819. The van der Waals surface area contributed by atoms with Crippen molar-refractivity contribution in [2.75, 3.05) is 25.1 Å². The van der Waals surface area contributed by atoms with Gasteiger partial charge in [0.05, 0.1) is 13.2 Å². The maximum Gasteiger partial charge on any atom is 0.223 e. The largest absolute Gasteiger partial charge is 0.497 e. The number of hydrogen-bond acceptors (Lipinski definition) is 3. The van der Waals surface area contributed by atoms with E-state index in [-0.39, 0.29) is 17.9 Å². The molecule has 2 aromatic rings. The number of carbonyl (C=O) groups is 1. The number of nitrogens with one attached hydrogen (secondary N) is 1. The van der Waals surface area contributed by atoms with Gasteiger partial charge in [-0.25, -0.2) is 0 Å². The summed E-state index contributed by atoms with van der Waals surface area (Å²) in [6.45, 7) is 6.07. The van der Waals surface area contributed by atoms with E-state index >= 15 is 0 Å². The molecule has 0 saturated carbocycles. The first-order valence-corrected chi connectivity index (χ1v) is 9.86. The zero-order valence-corrected chi connectivity index (χ0v) is 16.6. The maximum absolute atomic E-state index is 12.8. The number of amides is 1. The van der Waals surface area contributed by atoms with Crippen molar-refractivity contribution in [3.05, 3.63) is 59.7 Å². The molecule has 2 aromatic carbocycles. The molecule has 0 aliphatic carbocycles. The fourth-order valence-electron chi connectivity index (χ4n) is 3.70. The van der Waals surface area contributed by atoms with Crippen LogP contribution in [0.3, 0.4) is 0 Å². The summed E-state index contributed by atoms with van der Waals surface area (Å²) >= 11 is 0. The second kappa shape index (κ2) is 8.94. The average Bonchev–Trinajstić information content (AvgIpc) is 2.72. The first-order valence-electron chi connectivity index (χ1n) is 9.86. The summed E-state index contributed by atoms with van der Waals surface area (Å²) in [5.74, 6) is 1.11. The number of carbonyl (C=O) groups excluding carboxylic acids is 1. The van der Waals surface area contributed by atoms with Gasteiger partial charge in [-0.3, -0.25) is 4.79 Å². The highest BCUT2D eigenvalue weighted by Gasteiger charge is 2.26. The first-order chi connectivity index (χ1) is 13.1. The Hall–Kier alpha value is -2.49. The lowest BCUT2D eigenvalue weighted by atomic mass is 9.94. The third-order valence-corrected chi connectivity index (χ3v) is 5.51. The van der Waals surface area contributed by atoms with Crippen LogP contribution in [0.5, 0.6) is 5.75 Å². The van der Waals surface area contributed by atoms with Crippen molar-refractivity contribution >= 4 is 11.6 Å². The fourth-order valence-corrected chi connectivity index (χ4v) is 3.70. The van der Waals surface area contributed by atoms with Crippen LogP contribution in [0.2, 0.25) is 0 Å². The molecule has 1 saturated heterocycles. The summed E-state index contributed by atoms with van der Waals surface area (Å²) < 4.78 is 5.22. The Morgan fingerprint density at radius 2 is 1.74 bits per heavy atom. The number of hydrogen-bond donors (Lipinski definition) is 1. The van der Waals surface area contributed by atoms with Crippen LogP contribution in [-0.2, 0) is 4.79 Å². The van der Waals surface area contributed by atoms with Crippen molar-refractivity contribution in [2.45, 2.75) is 39.2 Å². The van der Waals surface area contributed by atoms with Crippen molar-refractivity contribution in [1.29, 1.82) is 0 Å². The Morgan fingerprint density at radius 3 is 2.30 bits per heavy atom. The number of piperidine rings is 1. The molecule has 1 heterocycles. The monoisotopic (exact) mass is 366 g/mol. The molecule has 0 bridgehead atoms. The molecule has 144 valence electrons. The molecule has 1 fully saturated rings. The Balaban J connectivity index is 1.55. The molecule has 1 N–H and O–H groups in total. The van der Waals surface area contributed by atoms with Crippen LogP contribution >= 0.6 is 0 Å². The van der Waals surface area contributed by atoms with Crippen molar-refractivity contribution in [3.63, 3.8) is 0 Å². The van der Waals surface area contributed by atoms with Crippen molar-refractivity contribution in [3.8, 4) is 5.75 Å². The van der Waals surface area contributed by atoms with Crippen LogP contribution in [0.15, 0.2) is 48.5 Å². The summed E-state index contributed by atoms with van der Waals surface area (Å²) in [6, 6.07) is 16.7. The standard InChI is InChI=1S/C23H30N2O2/c1-4-22(18-7-11-21(27-3)12-8-18)24-23(26)19-13-15-25(16-14-19)20-9-5-17(2)6-10-20/h5-12,19,22H,4,13-16H2,1-3H3,(H,24,26)/t22-/m1/s1. The number of nitrogens with zero attached hydrogens (tertiary/aromatic N) is 1. The van der Waals surface area contributed by atoms with Crippen LogP contribution in [0.25, 0.3) is 0 Å². The van der Waals surface area contributed by atoms with Gasteiger partial charge in [0.25, 0.3) is 0 Å². The summed E-state index contributed by atoms with van der Waals surface area (Å²) in [5, 5.41) is 3.25. The van der Waals surface area contributed by atoms with Gasteiger partial charge in [0.2, 0.25) is 5.91 Å². The van der Waals surface area contributed by atoms with E-state index < -0.39 is 0 Å². The van der Waals surface area contributed by atoms with Gasteiger partial charge < -0.3 is 15.0 Å². The number of methoxy groups -OCH3 is 1. The van der Waals surface area contributed by atoms with Crippen LogP contribution in [0, 0.1) is 12.8 Å². The SMILES string of the molecule is CC[C@@H](NC(=O)C1CCN(c2ccc(C)cc2)CC1)c1ccc(OC)cc1. The first kappa shape index (κ1) is 19.3. The Morgan fingerprint density at radius 1 is 1.11 bits per heavy atom. The number of rotatable bonds is 6. The van der Waals surface area contributed by atoms with Crippen LogP contribution in [-0.4, -0.2) is 26.1 Å². The normalized spacial score (nSPS) is 16.0. The molecular formula is C23H30N2O2. The summed E-state index contributed by atoms with van der Waals surface area (Å²) in [4.78, 5) is 15.2. The molecule has 3 rings (SSSR count). The molecule has 0 spiro atoms. The predicted octanol–water partition coefficient (Wildman–Crippen LogP) is 4.49. The molecule has 1 aliphatic rings. The summed E-state index contributed by atoms with van der Waals surface area (Å²) in [5.41, 5.74) is 3.66. The van der Waals surface area contributed by atoms with E-state index in [1.165, 1.54) is 11.3 Å². The van der Waals surface area contributed by atoms with Gasteiger partial charge in [0, 0.05) is 24.7 Å². The van der Waals surface area contributed by atoms with E-state index in [1.807, 2.05) is 24.3 Å². The van der Waals surface area contributed by atoms with Gasteiger partial charge >= 0.3 is 0 Å². The van der Waals surface area contributed by atoms with E-state index in [9.17, 15) is 4.79 Å². The minimum atomic E-state index is 0.0542. The topological polar surface area (TPSA) is 41.6 Å². The van der Waals surface area contributed by atoms with E-state index in [2.05, 4.69) is 48.3 Å². The highest BCUT2D eigenvalue weighted by Crippen LogP contribution is 2.26. The number of ether oxygens (including phenoxy) is 1. The van der Waals surface area contributed by atoms with Gasteiger partial charge in [0.1, 0.15) is 5.75 Å². The van der Waals surface area contributed by atoms with E-state index in [0.717, 1.165) is 43.7 Å². The predicted molar refractivity (Wildman–Crippen MR) is 110 cm³/mol. The van der Waals surface area contributed by atoms with Gasteiger partial charge in [-0.15, -0.1) is 0 Å². The lowest BCUT2D eigenvalue weighted by Gasteiger charge is -2.33. The third-order valence-electron chi connectivity index (χ3n) is 5.51. The molecule has 1 aliphatic heterocycles. The maximum atomic E-state index is 12.8. The fraction of sp³-hybridized carbons (Fsp3) is 0.435. The zero-order chi connectivity index (χ0) is 19.2. The van der Waals surface area contributed by atoms with Gasteiger partial charge in [-0.05, 0) is 56.0 Å². The Labute approximate surface area is 162 Å². The van der Waals surface area contributed by atoms with Crippen molar-refractivity contribution in [1.82, 2.24) is 5.32 Å². The molecule has 0 aromatic heterocycles. The molecule has 0 unspecified atom stereocenters. The lowest BCUT2D eigenvalue weighted by molar-refractivity contribution is -0.126. The average molecular weight is 367 g/mol. The van der Waals surface area contributed by atoms with Crippen LogP contribution in [0.4, 0.5) is 5.69 Å². The number of anilines is 1. The van der Waals surface area contributed by atoms with Crippen LogP contribution < -0.4 is 15.0 Å². The molecule has 1 atom stereocenters. The molecule has 0 radical (unpaired) electrons. The lowest BCUT2D eigenvalue weighted by Crippen LogP contribution is -2.41. The molecular weight excluding hydrogens is 336 g/mol. The second-order valence-electron chi connectivity index (χ2n) is 7.34. The van der Waals surface area contributed by atoms with Crippen molar-refractivity contribution < 1.29 is 9.53 Å². The molecule has 1 amide bonds. The minimum Gasteiger partial charge on any atom is -0.497 e. The molecule has 27 heavy (non-hydrogen) atoms. The number of benzene rings is 2. The summed E-state index contributed by atoms with van der Waals surface area (Å²) in [7, 11) is 1.66. The smallest absolute Gasteiger partial charge is 0.223 e. The minimum absolute atomic E-state index is 0.0542. The van der Waals surface area contributed by atoms with Gasteiger partial charge in [-0.1, -0.05) is 36.8 Å². The number of aryl methyl sites for hydroxylation is 1. The zero-order valence-electron chi connectivity index (χ0n) is 16.6. The van der Waals surface area contributed by atoms with Crippen molar-refractivity contribution in [2.24, 2.45) is 5.92 Å². The summed E-state index contributed by atoms with van der Waals surface area (Å²) in [6.07, 6.45) is 2.68. The van der Waals surface area contributed by atoms with Gasteiger partial charge in [-0.2, -0.15) is 0 Å². The molecule has 4 heteroatoms. The second-order valence-corrected chi connectivity index (χ2v) is 7.34. The Kier molecular flexibility index (Phi) is 6.38. The highest BCUT2D eigenvalue weighted by molar-refractivity contribution is 5.79. The highest BCUT2D eigenvalue weighted by atomic mass is 16.5. The van der Waals surface area contributed by atoms with E-state index in [0.29, 0.717) is 0 Å². The van der Waals surface area contributed by atoms with Crippen LogP contribution in [0.1, 0.15) is 43.4 Å².